The van der Waals surface area contributed by atoms with Crippen molar-refractivity contribution < 1.29 is 0 Å². The lowest BCUT2D eigenvalue weighted by atomic mass is 10.1. The van der Waals surface area contributed by atoms with E-state index in [1.807, 2.05) is 12.5 Å². The Balaban J connectivity index is 1.47. The van der Waals surface area contributed by atoms with Crippen LogP contribution in [0.3, 0.4) is 0 Å². The van der Waals surface area contributed by atoms with Crippen LogP contribution in [0.25, 0.3) is 11.3 Å². The molecule has 0 atom stereocenters. The molecule has 6 heteroatoms. The van der Waals surface area contributed by atoms with Gasteiger partial charge in [-0.2, -0.15) is 0 Å². The maximum atomic E-state index is 12.3. The number of benzene rings is 1. The third-order valence-corrected chi connectivity index (χ3v) is 5.48. The fourth-order valence-electron chi connectivity index (χ4n) is 3.36. The van der Waals surface area contributed by atoms with Gasteiger partial charge in [-0.25, -0.2) is 4.98 Å². The number of aromatic amines is 1. The molecule has 0 saturated heterocycles. The highest BCUT2D eigenvalue weighted by atomic mass is 32.2. The van der Waals surface area contributed by atoms with Gasteiger partial charge < -0.3 is 4.98 Å². The van der Waals surface area contributed by atoms with Gasteiger partial charge in [0.2, 0.25) is 0 Å². The zero-order chi connectivity index (χ0) is 18.8. The molecule has 0 saturated carbocycles. The van der Waals surface area contributed by atoms with E-state index in [0.717, 1.165) is 47.6 Å². The summed E-state index contributed by atoms with van der Waals surface area (Å²) in [5.74, 6) is 0. The maximum Gasteiger partial charge on any atom is 0.256 e. The lowest BCUT2D eigenvalue weighted by Gasteiger charge is -2.27. The quantitative estimate of drug-likeness (QED) is 0.557. The topological polar surface area (TPSA) is 61.9 Å². The first kappa shape index (κ1) is 17.9. The number of hydrogen-bond acceptors (Lipinski definition) is 5. The number of H-pyrrole nitrogens is 1. The molecule has 0 aliphatic carbocycles. The van der Waals surface area contributed by atoms with Crippen LogP contribution in [0.5, 0.6) is 0 Å². The SMILES string of the molecule is CSc1nc2c(c(=O)[nH]1)CN(Cc1ccc(-c3ccc(C)cc3)nc1)CC2. The molecular formula is C21H22N4OS. The fourth-order valence-corrected chi connectivity index (χ4v) is 3.76. The van der Waals surface area contributed by atoms with Crippen molar-refractivity contribution in [3.8, 4) is 11.3 Å². The molecule has 3 heterocycles. The first-order chi connectivity index (χ1) is 13.1. The van der Waals surface area contributed by atoms with Gasteiger partial charge in [0.1, 0.15) is 0 Å². The highest BCUT2D eigenvalue weighted by Gasteiger charge is 2.21. The van der Waals surface area contributed by atoms with E-state index in [-0.39, 0.29) is 5.56 Å². The van der Waals surface area contributed by atoms with E-state index in [9.17, 15) is 4.79 Å². The van der Waals surface area contributed by atoms with Crippen LogP contribution in [0.4, 0.5) is 0 Å². The van der Waals surface area contributed by atoms with Crippen LogP contribution >= 0.6 is 11.8 Å². The Morgan fingerprint density at radius 2 is 2.00 bits per heavy atom. The van der Waals surface area contributed by atoms with Gasteiger partial charge in [-0.1, -0.05) is 47.7 Å². The molecule has 1 N–H and O–H groups in total. The summed E-state index contributed by atoms with van der Waals surface area (Å²) >= 11 is 1.47. The van der Waals surface area contributed by atoms with E-state index < -0.39 is 0 Å². The summed E-state index contributed by atoms with van der Waals surface area (Å²) in [7, 11) is 0. The predicted molar refractivity (Wildman–Crippen MR) is 109 cm³/mol. The molecule has 0 bridgehead atoms. The minimum Gasteiger partial charge on any atom is -0.301 e. The number of hydrogen-bond donors (Lipinski definition) is 1. The second-order valence-electron chi connectivity index (χ2n) is 6.88. The smallest absolute Gasteiger partial charge is 0.256 e. The lowest BCUT2D eigenvalue weighted by molar-refractivity contribution is 0.240. The molecular weight excluding hydrogens is 356 g/mol. The fraction of sp³-hybridized carbons (Fsp3) is 0.286. The normalized spacial score (nSPS) is 14.1. The monoisotopic (exact) mass is 378 g/mol. The van der Waals surface area contributed by atoms with Crippen LogP contribution in [-0.4, -0.2) is 32.7 Å². The van der Waals surface area contributed by atoms with Crippen molar-refractivity contribution in [3.05, 3.63) is 75.3 Å². The highest BCUT2D eigenvalue weighted by molar-refractivity contribution is 7.98. The maximum absolute atomic E-state index is 12.3. The molecule has 0 radical (unpaired) electrons. The molecule has 1 aliphatic rings. The summed E-state index contributed by atoms with van der Waals surface area (Å²) < 4.78 is 0. The minimum atomic E-state index is -0.0121. The van der Waals surface area contributed by atoms with Crippen molar-refractivity contribution in [1.29, 1.82) is 0 Å². The molecule has 5 nitrogen and oxygen atoms in total. The van der Waals surface area contributed by atoms with E-state index in [0.29, 0.717) is 11.7 Å². The van der Waals surface area contributed by atoms with E-state index in [1.165, 1.54) is 17.3 Å². The van der Waals surface area contributed by atoms with Crippen molar-refractivity contribution in [1.82, 2.24) is 19.9 Å². The van der Waals surface area contributed by atoms with Crippen LogP contribution in [0.2, 0.25) is 0 Å². The second kappa shape index (κ2) is 7.66. The third kappa shape index (κ3) is 3.96. The van der Waals surface area contributed by atoms with Crippen LogP contribution < -0.4 is 5.56 Å². The molecule has 0 fully saturated rings. The van der Waals surface area contributed by atoms with Gasteiger partial charge in [0, 0.05) is 37.8 Å². The highest BCUT2D eigenvalue weighted by Crippen LogP contribution is 2.20. The van der Waals surface area contributed by atoms with Crippen molar-refractivity contribution in [2.24, 2.45) is 0 Å². The molecule has 3 aromatic rings. The van der Waals surface area contributed by atoms with E-state index in [4.69, 9.17) is 0 Å². The number of thioether (sulfide) groups is 1. The van der Waals surface area contributed by atoms with Crippen molar-refractivity contribution in [2.75, 3.05) is 12.8 Å². The van der Waals surface area contributed by atoms with Crippen LogP contribution in [0, 0.1) is 6.92 Å². The first-order valence-corrected chi connectivity index (χ1v) is 10.3. The molecule has 0 amide bonds. The van der Waals surface area contributed by atoms with Crippen molar-refractivity contribution in [2.45, 2.75) is 31.6 Å². The Kier molecular flexibility index (Phi) is 5.09. The molecule has 27 heavy (non-hydrogen) atoms. The third-order valence-electron chi connectivity index (χ3n) is 4.90. The van der Waals surface area contributed by atoms with Gasteiger partial charge in [-0.3, -0.25) is 14.7 Å². The Morgan fingerprint density at radius 3 is 2.70 bits per heavy atom. The number of aromatic nitrogens is 3. The Morgan fingerprint density at radius 1 is 1.19 bits per heavy atom. The van der Waals surface area contributed by atoms with Gasteiger partial charge >= 0.3 is 0 Å². The number of fused-ring (bicyclic) bond motifs is 1. The molecule has 0 spiro atoms. The molecule has 2 aromatic heterocycles. The summed E-state index contributed by atoms with van der Waals surface area (Å²) in [6, 6.07) is 12.6. The van der Waals surface area contributed by atoms with Gasteiger partial charge in [0.15, 0.2) is 5.16 Å². The minimum absolute atomic E-state index is 0.0121. The van der Waals surface area contributed by atoms with E-state index in [2.05, 4.69) is 63.2 Å². The van der Waals surface area contributed by atoms with Crippen molar-refractivity contribution in [3.63, 3.8) is 0 Å². The Labute approximate surface area is 162 Å². The lowest BCUT2D eigenvalue weighted by Crippen LogP contribution is -2.35. The second-order valence-corrected chi connectivity index (χ2v) is 7.67. The Bertz CT molecular complexity index is 996. The van der Waals surface area contributed by atoms with E-state index >= 15 is 0 Å². The largest absolute Gasteiger partial charge is 0.301 e. The van der Waals surface area contributed by atoms with Crippen LogP contribution in [0.15, 0.2) is 52.5 Å². The molecule has 138 valence electrons. The molecule has 0 unspecified atom stereocenters. The van der Waals surface area contributed by atoms with Gasteiger partial charge in [0.25, 0.3) is 5.56 Å². The van der Waals surface area contributed by atoms with Crippen LogP contribution in [-0.2, 0) is 19.5 Å². The zero-order valence-electron chi connectivity index (χ0n) is 15.5. The summed E-state index contributed by atoms with van der Waals surface area (Å²) in [4.78, 5) is 26.6. The van der Waals surface area contributed by atoms with E-state index in [1.54, 1.807) is 0 Å². The summed E-state index contributed by atoms with van der Waals surface area (Å²) in [6.07, 6.45) is 4.67. The summed E-state index contributed by atoms with van der Waals surface area (Å²) in [6.45, 7) is 4.40. The van der Waals surface area contributed by atoms with Gasteiger partial charge in [-0.15, -0.1) is 0 Å². The number of nitrogens with zero attached hydrogens (tertiary/aromatic N) is 3. The molecule has 1 aliphatic heterocycles. The zero-order valence-corrected chi connectivity index (χ0v) is 16.3. The first-order valence-electron chi connectivity index (χ1n) is 9.03. The number of pyridine rings is 1. The van der Waals surface area contributed by atoms with Gasteiger partial charge in [-0.05, 0) is 24.8 Å². The molecule has 1 aromatic carbocycles. The number of rotatable bonds is 4. The average Bonchev–Trinajstić information content (AvgIpc) is 2.69. The average molecular weight is 379 g/mol. The van der Waals surface area contributed by atoms with Gasteiger partial charge in [0.05, 0.1) is 17.0 Å². The predicted octanol–water partition coefficient (Wildman–Crippen LogP) is 3.42. The van der Waals surface area contributed by atoms with Crippen molar-refractivity contribution >= 4 is 11.8 Å². The van der Waals surface area contributed by atoms with Crippen LogP contribution in [0.1, 0.15) is 22.4 Å². The number of nitrogens with one attached hydrogen (secondary N) is 1. The standard InChI is InChI=1S/C21H22N4OS/c1-14-3-6-16(7-4-14)18-8-5-15(11-22-18)12-25-10-9-19-17(13-25)20(26)24-21(23-19)27-2/h3-8,11H,9-10,12-13H2,1-2H3,(H,23,24,26). The summed E-state index contributed by atoms with van der Waals surface area (Å²) in [5, 5.41) is 0.697. The Hall–Kier alpha value is -2.44. The summed E-state index contributed by atoms with van der Waals surface area (Å²) in [5.41, 5.74) is 6.22. The number of aryl methyl sites for hydroxylation is 1. The molecule has 4 rings (SSSR count).